The zero-order valence-electron chi connectivity index (χ0n) is 16.3. The van der Waals surface area contributed by atoms with Crippen LogP contribution in [0.4, 0.5) is 20.3 Å². The van der Waals surface area contributed by atoms with E-state index < -0.39 is 12.0 Å². The topological polar surface area (TPSA) is 48.6 Å². The first kappa shape index (κ1) is 20.3. The zero-order valence-corrected chi connectivity index (χ0v) is 16.3. The molecule has 1 aliphatic heterocycles. The highest BCUT2D eigenvalue weighted by Gasteiger charge is 2.38. The van der Waals surface area contributed by atoms with Crippen molar-refractivity contribution in [2.24, 2.45) is 0 Å². The van der Waals surface area contributed by atoms with Crippen LogP contribution in [0.1, 0.15) is 19.4 Å². The van der Waals surface area contributed by atoms with E-state index in [0.717, 1.165) is 18.2 Å². The summed E-state index contributed by atoms with van der Waals surface area (Å²) in [6, 6.07) is 11.5. The van der Waals surface area contributed by atoms with Crippen molar-refractivity contribution in [3.8, 4) is 0 Å². The highest BCUT2D eigenvalue weighted by molar-refractivity contribution is 5.56. The van der Waals surface area contributed by atoms with Gasteiger partial charge in [0.15, 0.2) is 0 Å². The van der Waals surface area contributed by atoms with Crippen molar-refractivity contribution in [3.63, 3.8) is 0 Å². The number of aromatic amines is 1. The van der Waals surface area contributed by atoms with E-state index in [4.69, 9.17) is 4.74 Å². The quantitative estimate of drug-likeness (QED) is 0.787. The molecule has 3 rings (SSSR count). The molecule has 0 aliphatic carbocycles. The summed E-state index contributed by atoms with van der Waals surface area (Å²) in [5, 5.41) is 0. The fourth-order valence-corrected chi connectivity index (χ4v) is 3.63. The summed E-state index contributed by atoms with van der Waals surface area (Å²) in [6.45, 7) is 5.63. The van der Waals surface area contributed by atoms with Crippen LogP contribution in [-0.2, 0) is 11.2 Å². The Morgan fingerprint density at radius 3 is 2.50 bits per heavy atom. The zero-order chi connectivity index (χ0) is 20.1. The summed E-state index contributed by atoms with van der Waals surface area (Å²) < 4.78 is 34.5. The van der Waals surface area contributed by atoms with E-state index in [1.54, 1.807) is 11.0 Å². The maximum Gasteiger partial charge on any atom is 0.265 e. The molecule has 0 bridgehead atoms. The minimum absolute atomic E-state index is 0.183. The number of halogens is 2. The largest absolute Gasteiger partial charge is 0.378 e. The smallest absolute Gasteiger partial charge is 0.265 e. The van der Waals surface area contributed by atoms with Crippen molar-refractivity contribution in [1.82, 2.24) is 4.98 Å². The molecule has 1 aliphatic rings. The number of H-pyrrole nitrogens is 1. The first-order valence-electron chi connectivity index (χ1n) is 9.64. The van der Waals surface area contributed by atoms with Gasteiger partial charge in [0.1, 0.15) is 5.82 Å². The Bertz CT molecular complexity index is 814. The van der Waals surface area contributed by atoms with Gasteiger partial charge in [-0.05, 0) is 18.9 Å². The molecule has 1 aromatic carbocycles. The number of ether oxygens (including phenoxy) is 1. The SMILES string of the molecule is CCN(c1cc(N2CCOCC2)cc(=O)[nH]1)C(Cc1ccccc1)C(C)(F)F. The van der Waals surface area contributed by atoms with Gasteiger partial charge in [0.25, 0.3) is 11.5 Å². The summed E-state index contributed by atoms with van der Waals surface area (Å²) in [7, 11) is 0. The number of aromatic nitrogens is 1. The van der Waals surface area contributed by atoms with Crippen LogP contribution < -0.4 is 15.4 Å². The van der Waals surface area contributed by atoms with Gasteiger partial charge in [0.05, 0.1) is 19.3 Å². The number of alkyl halides is 2. The Morgan fingerprint density at radius 2 is 1.89 bits per heavy atom. The molecule has 152 valence electrons. The molecule has 2 aromatic rings. The fraction of sp³-hybridized carbons (Fsp3) is 0.476. The number of anilines is 2. The molecular weight excluding hydrogens is 364 g/mol. The second-order valence-electron chi connectivity index (χ2n) is 7.14. The molecule has 1 unspecified atom stereocenters. The lowest BCUT2D eigenvalue weighted by molar-refractivity contribution is -0.00797. The van der Waals surface area contributed by atoms with Crippen LogP contribution in [-0.4, -0.2) is 49.8 Å². The predicted octanol–water partition coefficient (Wildman–Crippen LogP) is 3.30. The van der Waals surface area contributed by atoms with Crippen LogP contribution in [0, 0.1) is 0 Å². The van der Waals surface area contributed by atoms with Gasteiger partial charge in [-0.1, -0.05) is 30.3 Å². The van der Waals surface area contributed by atoms with E-state index in [2.05, 4.69) is 4.98 Å². The van der Waals surface area contributed by atoms with Gasteiger partial charge in [-0.3, -0.25) is 4.79 Å². The van der Waals surface area contributed by atoms with Crippen molar-refractivity contribution in [2.75, 3.05) is 42.6 Å². The summed E-state index contributed by atoms with van der Waals surface area (Å²) >= 11 is 0. The van der Waals surface area contributed by atoms with Crippen molar-refractivity contribution >= 4 is 11.5 Å². The van der Waals surface area contributed by atoms with Gasteiger partial charge in [-0.2, -0.15) is 0 Å². The molecule has 1 fully saturated rings. The van der Waals surface area contributed by atoms with Crippen LogP contribution in [0.5, 0.6) is 0 Å². The molecule has 7 heteroatoms. The molecule has 1 N–H and O–H groups in total. The first-order chi connectivity index (χ1) is 13.4. The average Bonchev–Trinajstić information content (AvgIpc) is 2.68. The van der Waals surface area contributed by atoms with E-state index in [9.17, 15) is 13.6 Å². The number of rotatable bonds is 7. The van der Waals surface area contributed by atoms with E-state index in [1.165, 1.54) is 6.07 Å². The Morgan fingerprint density at radius 1 is 1.21 bits per heavy atom. The van der Waals surface area contributed by atoms with Crippen LogP contribution in [0.3, 0.4) is 0 Å². The molecule has 0 amide bonds. The number of hydrogen-bond donors (Lipinski definition) is 1. The Balaban J connectivity index is 1.95. The lowest BCUT2D eigenvalue weighted by Crippen LogP contribution is -2.49. The maximum atomic E-state index is 14.6. The number of morpholine rings is 1. The van der Waals surface area contributed by atoms with Gasteiger partial charge in [0.2, 0.25) is 0 Å². The summed E-state index contributed by atoms with van der Waals surface area (Å²) in [5.74, 6) is -2.53. The molecule has 0 saturated carbocycles. The molecule has 0 radical (unpaired) electrons. The first-order valence-corrected chi connectivity index (χ1v) is 9.64. The highest BCUT2D eigenvalue weighted by Crippen LogP contribution is 2.30. The fourth-order valence-electron chi connectivity index (χ4n) is 3.63. The van der Waals surface area contributed by atoms with Crippen molar-refractivity contribution in [1.29, 1.82) is 0 Å². The number of pyridine rings is 1. The van der Waals surface area contributed by atoms with Gasteiger partial charge >= 0.3 is 0 Å². The summed E-state index contributed by atoms with van der Waals surface area (Å²) in [6.07, 6.45) is 0.183. The van der Waals surface area contributed by atoms with Crippen LogP contribution >= 0.6 is 0 Å². The van der Waals surface area contributed by atoms with Crippen LogP contribution in [0.2, 0.25) is 0 Å². The lowest BCUT2D eigenvalue weighted by Gasteiger charge is -2.37. The van der Waals surface area contributed by atoms with Crippen molar-refractivity contribution < 1.29 is 13.5 Å². The second kappa shape index (κ2) is 8.73. The highest BCUT2D eigenvalue weighted by atomic mass is 19.3. The third-order valence-corrected chi connectivity index (χ3v) is 5.07. The monoisotopic (exact) mass is 391 g/mol. The van der Waals surface area contributed by atoms with Crippen molar-refractivity contribution in [2.45, 2.75) is 32.2 Å². The minimum Gasteiger partial charge on any atom is -0.378 e. The van der Waals surface area contributed by atoms with E-state index in [0.29, 0.717) is 38.7 Å². The van der Waals surface area contributed by atoms with Gasteiger partial charge in [-0.15, -0.1) is 0 Å². The number of benzene rings is 1. The van der Waals surface area contributed by atoms with Gasteiger partial charge in [-0.25, -0.2) is 8.78 Å². The third kappa shape index (κ3) is 4.90. The van der Waals surface area contributed by atoms with E-state index >= 15 is 0 Å². The molecule has 1 saturated heterocycles. The number of nitrogens with zero attached hydrogens (tertiary/aromatic N) is 2. The molecule has 5 nitrogen and oxygen atoms in total. The maximum absolute atomic E-state index is 14.6. The number of nitrogens with one attached hydrogen (secondary N) is 1. The third-order valence-electron chi connectivity index (χ3n) is 5.07. The van der Waals surface area contributed by atoms with E-state index in [-0.39, 0.29) is 12.0 Å². The second-order valence-corrected chi connectivity index (χ2v) is 7.14. The van der Waals surface area contributed by atoms with E-state index in [1.807, 2.05) is 42.2 Å². The predicted molar refractivity (Wildman–Crippen MR) is 108 cm³/mol. The lowest BCUT2D eigenvalue weighted by atomic mass is 9.99. The summed E-state index contributed by atoms with van der Waals surface area (Å²) in [4.78, 5) is 18.7. The van der Waals surface area contributed by atoms with Crippen LogP contribution in [0.25, 0.3) is 0 Å². The molecule has 1 atom stereocenters. The number of hydrogen-bond acceptors (Lipinski definition) is 4. The molecule has 28 heavy (non-hydrogen) atoms. The molecular formula is C21H27F2N3O2. The van der Waals surface area contributed by atoms with Gasteiger partial charge in [0, 0.05) is 44.4 Å². The average molecular weight is 391 g/mol. The van der Waals surface area contributed by atoms with Crippen molar-refractivity contribution in [3.05, 3.63) is 58.4 Å². The van der Waals surface area contributed by atoms with Gasteiger partial charge < -0.3 is 19.5 Å². The minimum atomic E-state index is -2.95. The Hall–Kier alpha value is -2.41. The molecule has 2 heterocycles. The standard InChI is InChI=1S/C21H27F2N3O2/c1-3-26(18(21(2,22)23)13-16-7-5-4-6-8-16)19-14-17(15-20(27)24-19)25-9-11-28-12-10-25/h4-8,14-15,18H,3,9-13H2,1-2H3,(H,24,27). The molecule has 1 aromatic heterocycles. The Labute approximate surface area is 163 Å². The Kier molecular flexibility index (Phi) is 6.34. The number of likely N-dealkylation sites (N-methyl/N-ethyl adjacent to an activating group) is 1. The summed E-state index contributed by atoms with van der Waals surface area (Å²) in [5.41, 5.74) is 1.27. The van der Waals surface area contributed by atoms with Crippen LogP contribution in [0.15, 0.2) is 47.3 Å². The molecule has 0 spiro atoms. The normalized spacial score (nSPS) is 16.1.